The molecule has 0 radical (unpaired) electrons. The average molecular weight is 526 g/mol. The first-order valence-corrected chi connectivity index (χ1v) is 12.9. The van der Waals surface area contributed by atoms with Crippen LogP contribution in [0.25, 0.3) is 0 Å². The number of anilines is 1. The summed E-state index contributed by atoms with van der Waals surface area (Å²) in [6, 6.07) is 8.40. The van der Waals surface area contributed by atoms with Crippen LogP contribution in [0.3, 0.4) is 0 Å². The SMILES string of the molecule is CCCOC(=O)[C@H](C)NP(=O)(OC[C@H]1O[C@@H](n2ccc(N)nc2=O)[C@](C)(O)[C@@H]1O)Oc1ccccc1. The van der Waals surface area contributed by atoms with Crippen LogP contribution in [-0.2, 0) is 23.4 Å². The topological polar surface area (TPSA) is 184 Å². The molecule has 0 amide bonds. The van der Waals surface area contributed by atoms with E-state index in [9.17, 15) is 24.4 Å². The molecule has 1 aromatic heterocycles. The van der Waals surface area contributed by atoms with E-state index in [2.05, 4.69) is 10.1 Å². The molecule has 1 aliphatic rings. The quantitative estimate of drug-likeness (QED) is 0.241. The van der Waals surface area contributed by atoms with Gasteiger partial charge in [-0.25, -0.2) is 9.36 Å². The lowest BCUT2D eigenvalue weighted by molar-refractivity contribution is -0.145. The van der Waals surface area contributed by atoms with Gasteiger partial charge in [-0.2, -0.15) is 10.1 Å². The van der Waals surface area contributed by atoms with Crippen LogP contribution in [0.5, 0.6) is 5.75 Å². The molecule has 36 heavy (non-hydrogen) atoms. The lowest BCUT2D eigenvalue weighted by atomic mass is 9.96. The van der Waals surface area contributed by atoms with E-state index < -0.39 is 56.1 Å². The molecule has 0 bridgehead atoms. The van der Waals surface area contributed by atoms with E-state index >= 15 is 0 Å². The van der Waals surface area contributed by atoms with Crippen molar-refractivity contribution in [2.75, 3.05) is 18.9 Å². The van der Waals surface area contributed by atoms with Crippen LogP contribution >= 0.6 is 7.75 Å². The highest BCUT2D eigenvalue weighted by molar-refractivity contribution is 7.52. The summed E-state index contributed by atoms with van der Waals surface area (Å²) in [6.45, 7) is 4.20. The van der Waals surface area contributed by atoms with Crippen molar-refractivity contribution in [3.05, 3.63) is 53.1 Å². The van der Waals surface area contributed by atoms with Gasteiger partial charge in [0.1, 0.15) is 35.4 Å². The van der Waals surface area contributed by atoms with Crippen LogP contribution in [0.1, 0.15) is 33.4 Å². The molecule has 3 rings (SSSR count). The number of benzene rings is 1. The van der Waals surface area contributed by atoms with Gasteiger partial charge in [0.2, 0.25) is 0 Å². The molecule has 2 heterocycles. The van der Waals surface area contributed by atoms with Crippen LogP contribution in [0.2, 0.25) is 0 Å². The molecular weight excluding hydrogens is 495 g/mol. The smallest absolute Gasteiger partial charge is 0.459 e. The lowest BCUT2D eigenvalue weighted by Crippen LogP contribution is -2.46. The van der Waals surface area contributed by atoms with Crippen molar-refractivity contribution >= 4 is 19.5 Å². The number of aliphatic hydroxyl groups excluding tert-OH is 1. The molecule has 0 saturated carbocycles. The first-order valence-electron chi connectivity index (χ1n) is 11.3. The number of carbonyl (C=O) groups excluding carboxylic acids is 1. The highest BCUT2D eigenvalue weighted by atomic mass is 31.2. The number of nitrogen functional groups attached to an aromatic ring is 1. The Kier molecular flexibility index (Phi) is 8.88. The molecule has 198 valence electrons. The number of ether oxygens (including phenoxy) is 2. The number of hydrogen-bond acceptors (Lipinski definition) is 11. The molecule has 1 aliphatic heterocycles. The third-order valence-electron chi connectivity index (χ3n) is 5.39. The van der Waals surface area contributed by atoms with E-state index in [0.717, 1.165) is 4.57 Å². The van der Waals surface area contributed by atoms with Crippen molar-refractivity contribution in [2.24, 2.45) is 0 Å². The van der Waals surface area contributed by atoms with Crippen molar-refractivity contribution in [3.8, 4) is 5.75 Å². The zero-order valence-corrected chi connectivity index (χ0v) is 21.0. The van der Waals surface area contributed by atoms with Gasteiger partial charge < -0.3 is 29.9 Å². The van der Waals surface area contributed by atoms with E-state index in [1.54, 1.807) is 30.3 Å². The zero-order chi connectivity index (χ0) is 26.5. The van der Waals surface area contributed by atoms with E-state index in [1.807, 2.05) is 6.92 Å². The largest absolute Gasteiger partial charge is 0.465 e. The predicted molar refractivity (Wildman–Crippen MR) is 128 cm³/mol. The molecule has 1 aromatic carbocycles. The van der Waals surface area contributed by atoms with Crippen LogP contribution in [0.15, 0.2) is 47.4 Å². The second kappa shape index (κ2) is 11.5. The first-order chi connectivity index (χ1) is 17.0. The number of hydrogen-bond donors (Lipinski definition) is 4. The maximum Gasteiger partial charge on any atom is 0.459 e. The van der Waals surface area contributed by atoms with E-state index in [0.29, 0.717) is 6.42 Å². The van der Waals surface area contributed by atoms with Crippen molar-refractivity contribution in [1.82, 2.24) is 14.6 Å². The summed E-state index contributed by atoms with van der Waals surface area (Å²) in [4.78, 5) is 28.1. The van der Waals surface area contributed by atoms with Crippen molar-refractivity contribution < 1.29 is 38.1 Å². The van der Waals surface area contributed by atoms with Gasteiger partial charge in [-0.3, -0.25) is 13.9 Å². The van der Waals surface area contributed by atoms with Gasteiger partial charge in [0.05, 0.1) is 13.2 Å². The summed E-state index contributed by atoms with van der Waals surface area (Å²) in [5, 5.41) is 24.1. The Bertz CT molecular complexity index is 1140. The lowest BCUT2D eigenvalue weighted by Gasteiger charge is -2.27. The predicted octanol–water partition coefficient (Wildman–Crippen LogP) is 0.970. The molecule has 1 unspecified atom stereocenters. The molecule has 2 aromatic rings. The fraction of sp³-hybridized carbons (Fsp3) is 0.500. The fourth-order valence-corrected chi connectivity index (χ4v) is 4.98. The molecule has 13 nitrogen and oxygen atoms in total. The van der Waals surface area contributed by atoms with Crippen molar-refractivity contribution in [1.29, 1.82) is 0 Å². The number of aliphatic hydroxyl groups is 2. The Morgan fingerprint density at radius 2 is 2.06 bits per heavy atom. The highest BCUT2D eigenvalue weighted by Crippen LogP contribution is 2.46. The highest BCUT2D eigenvalue weighted by Gasteiger charge is 2.54. The fourth-order valence-electron chi connectivity index (χ4n) is 3.48. The number of esters is 1. The van der Waals surface area contributed by atoms with Crippen LogP contribution in [0, 0.1) is 0 Å². The number of para-hydroxylation sites is 1. The van der Waals surface area contributed by atoms with E-state index in [-0.39, 0.29) is 18.2 Å². The molecule has 0 spiro atoms. The molecule has 1 fully saturated rings. The van der Waals surface area contributed by atoms with Gasteiger partial charge in [-0.15, -0.1) is 0 Å². The Morgan fingerprint density at radius 1 is 1.36 bits per heavy atom. The van der Waals surface area contributed by atoms with Crippen molar-refractivity contribution in [3.63, 3.8) is 0 Å². The Labute approximate surface area is 207 Å². The maximum atomic E-state index is 13.6. The monoisotopic (exact) mass is 526 g/mol. The standard InChI is InChI=1S/C22H31N4O9P/c1-4-12-32-19(28)14(2)25-36(31,35-15-8-6-5-7-9-15)33-13-16-18(27)22(3,30)20(34-16)26-11-10-17(23)24-21(26)29/h5-11,14,16,18,20,27,30H,4,12-13H2,1-3H3,(H,25,31)(H2,23,24,29)/t14-,16+,18+,20+,22+,36?/m0/s1. The Hall–Kier alpha value is -2.80. The third-order valence-corrected chi connectivity index (χ3v) is 7.03. The number of aromatic nitrogens is 2. The minimum atomic E-state index is -4.23. The van der Waals surface area contributed by atoms with Gasteiger partial charge in [-0.1, -0.05) is 25.1 Å². The van der Waals surface area contributed by atoms with Gasteiger partial charge in [0.25, 0.3) is 0 Å². The second-order valence-electron chi connectivity index (χ2n) is 8.46. The normalized spacial score (nSPS) is 26.2. The average Bonchev–Trinajstić information content (AvgIpc) is 3.05. The summed E-state index contributed by atoms with van der Waals surface area (Å²) < 4.78 is 36.4. The van der Waals surface area contributed by atoms with Crippen LogP contribution in [-0.4, -0.2) is 62.8 Å². The molecule has 1 saturated heterocycles. The molecule has 14 heteroatoms. The Balaban J connectivity index is 1.78. The van der Waals surface area contributed by atoms with Crippen LogP contribution < -0.4 is 21.0 Å². The number of rotatable bonds is 11. The van der Waals surface area contributed by atoms with Gasteiger partial charge in [0, 0.05) is 6.20 Å². The molecule has 6 atom stereocenters. The summed E-state index contributed by atoms with van der Waals surface area (Å²) in [5.74, 6) is -0.488. The minimum absolute atomic E-state index is 0.0222. The summed E-state index contributed by atoms with van der Waals surface area (Å²) >= 11 is 0. The van der Waals surface area contributed by atoms with Crippen molar-refractivity contribution in [2.45, 2.75) is 57.3 Å². The zero-order valence-electron chi connectivity index (χ0n) is 20.1. The summed E-state index contributed by atoms with van der Waals surface area (Å²) in [5.41, 5.74) is 2.78. The minimum Gasteiger partial charge on any atom is -0.465 e. The van der Waals surface area contributed by atoms with Gasteiger partial charge in [-0.05, 0) is 38.5 Å². The molecule has 5 N–H and O–H groups in total. The second-order valence-corrected chi connectivity index (χ2v) is 10.1. The van der Waals surface area contributed by atoms with Gasteiger partial charge >= 0.3 is 19.4 Å². The summed E-state index contributed by atoms with van der Waals surface area (Å²) in [7, 11) is -4.23. The van der Waals surface area contributed by atoms with Gasteiger partial charge in [0.15, 0.2) is 6.23 Å². The number of nitrogens with two attached hydrogens (primary N) is 1. The van der Waals surface area contributed by atoms with E-state index in [4.69, 9.17) is 24.3 Å². The number of nitrogens with one attached hydrogen (secondary N) is 1. The molecule has 0 aliphatic carbocycles. The number of nitrogens with zero attached hydrogens (tertiary/aromatic N) is 2. The summed E-state index contributed by atoms with van der Waals surface area (Å²) in [6.07, 6.45) is -2.24. The number of carbonyl (C=O) groups is 1. The maximum absolute atomic E-state index is 13.6. The van der Waals surface area contributed by atoms with E-state index in [1.165, 1.54) is 26.1 Å². The molecular formula is C22H31N4O9P. The van der Waals surface area contributed by atoms with Crippen LogP contribution in [0.4, 0.5) is 5.82 Å². The first kappa shape index (κ1) is 27.8. The Morgan fingerprint density at radius 3 is 2.69 bits per heavy atom. The third kappa shape index (κ3) is 6.49.